The molecule has 2 N–H and O–H groups in total. The van der Waals surface area contributed by atoms with Crippen molar-refractivity contribution in [1.29, 1.82) is 0 Å². The Morgan fingerprint density at radius 2 is 2.20 bits per heavy atom. The number of sulfonamides is 1. The molecular weight excluding hydrogens is 282 g/mol. The van der Waals surface area contributed by atoms with Gasteiger partial charge < -0.3 is 14.2 Å². The molecule has 2 aromatic rings. The van der Waals surface area contributed by atoms with E-state index in [1.54, 1.807) is 22.5 Å². The molecule has 0 saturated carbocycles. The van der Waals surface area contributed by atoms with Crippen LogP contribution in [0.2, 0.25) is 0 Å². The predicted molar refractivity (Wildman–Crippen MR) is 71.1 cm³/mol. The van der Waals surface area contributed by atoms with Gasteiger partial charge in [0.1, 0.15) is 12.2 Å². The van der Waals surface area contributed by atoms with Crippen LogP contribution in [0.4, 0.5) is 0 Å². The molecule has 0 aromatic carbocycles. The van der Waals surface area contributed by atoms with Crippen LogP contribution < -0.4 is 4.72 Å². The van der Waals surface area contributed by atoms with Crippen molar-refractivity contribution < 1.29 is 13.5 Å². The minimum Gasteiger partial charge on any atom is -0.390 e. The highest BCUT2D eigenvalue weighted by Gasteiger charge is 2.18. The van der Waals surface area contributed by atoms with E-state index in [1.165, 1.54) is 12.3 Å². The molecule has 0 amide bonds. The maximum Gasteiger partial charge on any atom is 0.242 e. The standard InChI is InChI=1S/C11H17N5O3S/c1-3-16-8-12-14-11(16)5-13-20(18,19)10-4-9(7-17)15(2)6-10/h4,6,8,13,17H,3,5,7H2,1-2H3. The van der Waals surface area contributed by atoms with Gasteiger partial charge in [0.2, 0.25) is 10.0 Å². The number of nitrogens with zero attached hydrogens (tertiary/aromatic N) is 4. The highest BCUT2D eigenvalue weighted by Crippen LogP contribution is 2.13. The second-order valence-corrected chi connectivity index (χ2v) is 6.06. The molecule has 2 aromatic heterocycles. The first-order valence-corrected chi connectivity index (χ1v) is 7.58. The molecule has 20 heavy (non-hydrogen) atoms. The second kappa shape index (κ2) is 5.73. The van der Waals surface area contributed by atoms with E-state index in [0.29, 0.717) is 18.1 Å². The van der Waals surface area contributed by atoms with E-state index in [-0.39, 0.29) is 18.0 Å². The van der Waals surface area contributed by atoms with Gasteiger partial charge in [-0.3, -0.25) is 0 Å². The van der Waals surface area contributed by atoms with Crippen LogP contribution in [0.5, 0.6) is 0 Å². The number of aromatic nitrogens is 4. The number of aliphatic hydroxyl groups excluding tert-OH is 1. The largest absolute Gasteiger partial charge is 0.390 e. The Bertz CT molecular complexity index is 689. The molecule has 0 fully saturated rings. The Labute approximate surface area is 117 Å². The molecule has 2 heterocycles. The summed E-state index contributed by atoms with van der Waals surface area (Å²) in [7, 11) is -1.96. The van der Waals surface area contributed by atoms with Gasteiger partial charge in [-0.15, -0.1) is 10.2 Å². The van der Waals surface area contributed by atoms with Gasteiger partial charge in [-0.2, -0.15) is 0 Å². The highest BCUT2D eigenvalue weighted by atomic mass is 32.2. The van der Waals surface area contributed by atoms with Gasteiger partial charge in [-0.1, -0.05) is 0 Å². The first-order chi connectivity index (χ1) is 9.47. The zero-order chi connectivity index (χ0) is 14.8. The first kappa shape index (κ1) is 14.7. The molecular formula is C11H17N5O3S. The van der Waals surface area contributed by atoms with E-state index in [4.69, 9.17) is 5.11 Å². The fourth-order valence-corrected chi connectivity index (χ4v) is 2.88. The molecule has 0 bridgehead atoms. The SMILES string of the molecule is CCn1cnnc1CNS(=O)(=O)c1cc(CO)n(C)c1. The van der Waals surface area contributed by atoms with E-state index in [9.17, 15) is 8.42 Å². The zero-order valence-electron chi connectivity index (χ0n) is 11.3. The Hall–Kier alpha value is -1.71. The normalized spacial score (nSPS) is 11.9. The minimum atomic E-state index is -3.64. The molecule has 0 radical (unpaired) electrons. The number of aliphatic hydroxyl groups is 1. The molecule has 0 aliphatic carbocycles. The average molecular weight is 299 g/mol. The van der Waals surface area contributed by atoms with Gasteiger partial charge in [0.25, 0.3) is 0 Å². The monoisotopic (exact) mass is 299 g/mol. The summed E-state index contributed by atoms with van der Waals surface area (Å²) in [5.41, 5.74) is 0.530. The Morgan fingerprint density at radius 1 is 1.45 bits per heavy atom. The lowest BCUT2D eigenvalue weighted by Crippen LogP contribution is -2.24. The lowest BCUT2D eigenvalue weighted by molar-refractivity contribution is 0.272. The topological polar surface area (TPSA) is 102 Å². The Morgan fingerprint density at radius 3 is 2.80 bits per heavy atom. The molecule has 0 aliphatic heterocycles. The average Bonchev–Trinajstić information content (AvgIpc) is 3.02. The summed E-state index contributed by atoms with van der Waals surface area (Å²) < 4.78 is 30.1. The lowest BCUT2D eigenvalue weighted by atomic mass is 10.5. The van der Waals surface area contributed by atoms with Crippen molar-refractivity contribution in [3.63, 3.8) is 0 Å². The number of hydrogen-bond donors (Lipinski definition) is 2. The van der Waals surface area contributed by atoms with Crippen LogP contribution >= 0.6 is 0 Å². The third-order valence-electron chi connectivity index (χ3n) is 3.01. The van der Waals surface area contributed by atoms with Gasteiger partial charge in [-0.25, -0.2) is 13.1 Å². The molecule has 9 heteroatoms. The summed E-state index contributed by atoms with van der Waals surface area (Å²) in [4.78, 5) is 0.117. The lowest BCUT2D eigenvalue weighted by Gasteiger charge is -2.05. The van der Waals surface area contributed by atoms with Crippen LogP contribution in [-0.2, 0) is 36.8 Å². The van der Waals surface area contributed by atoms with Crippen LogP contribution in [-0.4, -0.2) is 32.9 Å². The third kappa shape index (κ3) is 2.89. The molecule has 0 aliphatic rings. The summed E-state index contributed by atoms with van der Waals surface area (Å²) in [5, 5.41) is 16.7. The van der Waals surface area contributed by atoms with E-state index in [0.717, 1.165) is 0 Å². The quantitative estimate of drug-likeness (QED) is 0.756. The number of rotatable bonds is 6. The zero-order valence-corrected chi connectivity index (χ0v) is 12.1. The van der Waals surface area contributed by atoms with Crippen molar-refractivity contribution in [2.75, 3.05) is 0 Å². The van der Waals surface area contributed by atoms with Crippen LogP contribution in [0.25, 0.3) is 0 Å². The van der Waals surface area contributed by atoms with Gasteiger partial charge in [0, 0.05) is 25.5 Å². The van der Waals surface area contributed by atoms with Gasteiger partial charge >= 0.3 is 0 Å². The number of hydrogen-bond acceptors (Lipinski definition) is 5. The summed E-state index contributed by atoms with van der Waals surface area (Å²) in [5.74, 6) is 0.550. The van der Waals surface area contributed by atoms with Crippen molar-refractivity contribution in [3.05, 3.63) is 30.1 Å². The molecule has 0 unspecified atom stereocenters. The van der Waals surface area contributed by atoms with Gasteiger partial charge in [0.05, 0.1) is 18.0 Å². The van der Waals surface area contributed by atoms with E-state index in [1.807, 2.05) is 6.92 Å². The molecule has 0 atom stereocenters. The Balaban J connectivity index is 2.15. The van der Waals surface area contributed by atoms with Crippen molar-refractivity contribution in [2.45, 2.75) is 31.5 Å². The maximum absolute atomic E-state index is 12.1. The number of nitrogens with one attached hydrogen (secondary N) is 1. The molecule has 110 valence electrons. The van der Waals surface area contributed by atoms with E-state index >= 15 is 0 Å². The first-order valence-electron chi connectivity index (χ1n) is 6.10. The van der Waals surface area contributed by atoms with Crippen LogP contribution in [0, 0.1) is 0 Å². The molecule has 0 spiro atoms. The predicted octanol–water partition coefficient (Wildman–Crippen LogP) is -0.393. The van der Waals surface area contributed by atoms with Crippen molar-refractivity contribution in [1.82, 2.24) is 24.1 Å². The number of aryl methyl sites for hydroxylation is 2. The maximum atomic E-state index is 12.1. The highest BCUT2D eigenvalue weighted by molar-refractivity contribution is 7.89. The van der Waals surface area contributed by atoms with Crippen molar-refractivity contribution >= 4 is 10.0 Å². The molecule has 2 rings (SSSR count). The summed E-state index contributed by atoms with van der Waals surface area (Å²) in [6.07, 6.45) is 3.01. The van der Waals surface area contributed by atoms with E-state index in [2.05, 4.69) is 14.9 Å². The smallest absolute Gasteiger partial charge is 0.242 e. The van der Waals surface area contributed by atoms with E-state index < -0.39 is 10.0 Å². The Kier molecular flexibility index (Phi) is 4.21. The fraction of sp³-hybridized carbons (Fsp3) is 0.455. The molecule has 8 nitrogen and oxygen atoms in total. The second-order valence-electron chi connectivity index (χ2n) is 4.29. The fourth-order valence-electron chi connectivity index (χ4n) is 1.80. The van der Waals surface area contributed by atoms with Crippen LogP contribution in [0.1, 0.15) is 18.4 Å². The van der Waals surface area contributed by atoms with Crippen LogP contribution in [0.15, 0.2) is 23.5 Å². The van der Waals surface area contributed by atoms with Crippen molar-refractivity contribution in [2.24, 2.45) is 7.05 Å². The summed E-state index contributed by atoms with van der Waals surface area (Å²) >= 11 is 0. The van der Waals surface area contributed by atoms with Gasteiger partial charge in [0.15, 0.2) is 0 Å². The summed E-state index contributed by atoms with van der Waals surface area (Å²) in [6.45, 7) is 2.45. The third-order valence-corrected chi connectivity index (χ3v) is 4.38. The summed E-state index contributed by atoms with van der Waals surface area (Å²) in [6, 6.07) is 1.44. The van der Waals surface area contributed by atoms with Gasteiger partial charge in [-0.05, 0) is 13.0 Å². The van der Waals surface area contributed by atoms with Crippen molar-refractivity contribution in [3.8, 4) is 0 Å². The molecule has 0 saturated heterocycles. The van der Waals surface area contributed by atoms with Crippen LogP contribution in [0.3, 0.4) is 0 Å². The minimum absolute atomic E-state index is 0.0690.